The van der Waals surface area contributed by atoms with Gasteiger partial charge in [-0.25, -0.2) is 4.98 Å². The summed E-state index contributed by atoms with van der Waals surface area (Å²) in [6, 6.07) is 43.5. The molecule has 8 aromatic rings. The Bertz CT molecular complexity index is 3100. The number of phenols is 1. The number of imidazole rings is 1. The molecule has 1 N–H and O–H groups in total. The number of pyridine rings is 1. The van der Waals surface area contributed by atoms with Gasteiger partial charge in [-0.1, -0.05) is 181 Å². The third-order valence-electron chi connectivity index (χ3n) is 13.0. The Morgan fingerprint density at radius 2 is 1.17 bits per heavy atom. The smallest absolute Gasteiger partial charge is 0.148 e. The standard InChI is InChI=1S/C61H68N3O.Pt/c1-37-26-27-62-51(28-37)41-29-40(31-43(32-41)58(5,6)7)48-18-17-19-52-55(48)63-56(64(52)46-35-44(59(8,9)10)34-45(36-46)60(11,12)13)49-23-20-39(33-53(49)65)54-47-24-22-42(57(2,3)4)30-38(47)21-25-50(54)61(14,15)16;/h17-28,30-36,65H,1-16H3;/q-1;. The largest absolute Gasteiger partial charge is 0.507 e. The predicted octanol–water partition coefficient (Wildman–Crippen LogP) is 16.5. The van der Waals surface area contributed by atoms with Gasteiger partial charge in [0.05, 0.1) is 16.6 Å². The van der Waals surface area contributed by atoms with Crippen molar-refractivity contribution in [3.8, 4) is 56.3 Å². The Kier molecular flexibility index (Phi) is 12.6. The second kappa shape index (κ2) is 17.1. The van der Waals surface area contributed by atoms with E-state index in [2.05, 4.69) is 218 Å². The molecule has 0 radical (unpaired) electrons. The predicted molar refractivity (Wildman–Crippen MR) is 277 cm³/mol. The van der Waals surface area contributed by atoms with E-state index in [0.717, 1.165) is 55.8 Å². The van der Waals surface area contributed by atoms with Crippen LogP contribution in [-0.2, 0) is 48.1 Å². The van der Waals surface area contributed by atoms with Gasteiger partial charge in [0.15, 0.2) is 0 Å². The van der Waals surface area contributed by atoms with E-state index in [9.17, 15) is 5.11 Å². The maximum absolute atomic E-state index is 12.5. The fourth-order valence-corrected chi connectivity index (χ4v) is 8.94. The maximum atomic E-state index is 12.5. The molecule has 0 unspecified atom stereocenters. The average Bonchev–Trinajstić information content (AvgIpc) is 3.60. The first-order chi connectivity index (χ1) is 30.2. The molecule has 6 aromatic carbocycles. The van der Waals surface area contributed by atoms with Gasteiger partial charge in [0.2, 0.25) is 0 Å². The van der Waals surface area contributed by atoms with Crippen LogP contribution in [0, 0.1) is 13.0 Å². The van der Waals surface area contributed by atoms with Crippen LogP contribution >= 0.6 is 0 Å². The molecule has 0 atom stereocenters. The molecule has 0 amide bonds. The fourth-order valence-electron chi connectivity index (χ4n) is 8.94. The normalized spacial score (nSPS) is 12.8. The van der Waals surface area contributed by atoms with Crippen molar-refractivity contribution in [3.05, 3.63) is 155 Å². The Morgan fingerprint density at radius 3 is 1.76 bits per heavy atom. The molecule has 0 aliphatic carbocycles. The number of aryl methyl sites for hydroxylation is 1. The summed E-state index contributed by atoms with van der Waals surface area (Å²) in [7, 11) is 0. The van der Waals surface area contributed by atoms with E-state index in [4.69, 9.17) is 9.97 Å². The molecule has 4 nitrogen and oxygen atoms in total. The summed E-state index contributed by atoms with van der Waals surface area (Å²) in [6.07, 6.45) is 1.87. The van der Waals surface area contributed by atoms with Gasteiger partial charge >= 0.3 is 0 Å². The van der Waals surface area contributed by atoms with Crippen LogP contribution in [0.4, 0.5) is 0 Å². The van der Waals surface area contributed by atoms with Crippen molar-refractivity contribution < 1.29 is 26.2 Å². The SMILES string of the molecule is Cc1ccnc(-c2[c-]c(-c3cccc4c3nc(-c3ccc(-c5c(C(C)(C)C)ccc6cc(C(C)(C)C)ccc56)cc3O)n4-c3cc(C(C)(C)C)cc(C(C)(C)C)c3)cc(C(C)(C)C)c2)c1.[Pt]. The van der Waals surface area contributed by atoms with Crippen molar-refractivity contribution in [3.63, 3.8) is 0 Å². The van der Waals surface area contributed by atoms with Crippen LogP contribution in [0.3, 0.4) is 0 Å². The molecule has 0 aliphatic heterocycles. The van der Waals surface area contributed by atoms with E-state index in [1.54, 1.807) is 0 Å². The monoisotopic (exact) mass is 1050 g/mol. The van der Waals surface area contributed by atoms with Gasteiger partial charge in [0.25, 0.3) is 0 Å². The second-order valence-corrected chi connectivity index (χ2v) is 23.5. The van der Waals surface area contributed by atoms with Crippen LogP contribution in [0.1, 0.15) is 137 Å². The number of benzene rings is 6. The second-order valence-electron chi connectivity index (χ2n) is 23.5. The molecular weight excluding hydrogens is 986 g/mol. The number of rotatable bonds is 5. The van der Waals surface area contributed by atoms with E-state index in [0.29, 0.717) is 11.4 Å². The van der Waals surface area contributed by atoms with Crippen LogP contribution in [-0.4, -0.2) is 19.6 Å². The van der Waals surface area contributed by atoms with Gasteiger partial charge in [-0.3, -0.25) is 9.55 Å². The number of aromatic hydroxyl groups is 1. The van der Waals surface area contributed by atoms with Crippen molar-refractivity contribution in [2.75, 3.05) is 0 Å². The number of fused-ring (bicyclic) bond motifs is 2. The first-order valence-electron chi connectivity index (χ1n) is 23.3. The van der Waals surface area contributed by atoms with Gasteiger partial charge in [0.1, 0.15) is 11.6 Å². The number of aromatic nitrogens is 3. The van der Waals surface area contributed by atoms with Crippen LogP contribution < -0.4 is 0 Å². The topological polar surface area (TPSA) is 50.9 Å². The number of nitrogens with zero attached hydrogens (tertiary/aromatic N) is 3. The van der Waals surface area contributed by atoms with Crippen molar-refractivity contribution >= 4 is 21.8 Å². The maximum Gasteiger partial charge on any atom is 0.148 e. The van der Waals surface area contributed by atoms with Crippen LogP contribution in [0.25, 0.3) is 72.4 Å². The van der Waals surface area contributed by atoms with E-state index < -0.39 is 0 Å². The van der Waals surface area contributed by atoms with Crippen LogP contribution in [0.5, 0.6) is 5.75 Å². The van der Waals surface area contributed by atoms with Crippen LogP contribution in [0.15, 0.2) is 115 Å². The van der Waals surface area contributed by atoms with E-state index in [1.807, 2.05) is 18.3 Å². The molecule has 0 saturated heterocycles. The molecule has 0 saturated carbocycles. The van der Waals surface area contributed by atoms with Crippen molar-refractivity contribution in [2.24, 2.45) is 0 Å². The first-order valence-corrected chi connectivity index (χ1v) is 23.3. The van der Waals surface area contributed by atoms with E-state index >= 15 is 0 Å². The molecule has 0 fully saturated rings. The average molecular weight is 1050 g/mol. The van der Waals surface area contributed by atoms with Gasteiger partial charge in [0, 0.05) is 38.6 Å². The Balaban J connectivity index is 0.00000648. The fraction of sp³-hybridized carbons (Fsp3) is 0.344. The van der Waals surface area contributed by atoms with Gasteiger partial charge in [-0.2, -0.15) is 0 Å². The number of hydrogen-bond acceptors (Lipinski definition) is 3. The summed E-state index contributed by atoms with van der Waals surface area (Å²) in [6.45, 7) is 36.1. The number of para-hydroxylation sites is 1. The van der Waals surface area contributed by atoms with Gasteiger partial charge in [-0.05, 0) is 115 Å². The Morgan fingerprint density at radius 1 is 0.545 bits per heavy atom. The molecule has 2 aromatic heterocycles. The summed E-state index contributed by atoms with van der Waals surface area (Å²) in [5, 5.41) is 14.9. The zero-order valence-corrected chi connectivity index (χ0v) is 44.3. The van der Waals surface area contributed by atoms with Gasteiger partial charge in [-0.15, -0.1) is 29.3 Å². The minimum absolute atomic E-state index is 0. The molecule has 0 spiro atoms. The van der Waals surface area contributed by atoms with Crippen molar-refractivity contribution in [1.29, 1.82) is 0 Å². The number of hydrogen-bond donors (Lipinski definition) is 1. The molecule has 0 aliphatic rings. The van der Waals surface area contributed by atoms with Crippen LogP contribution in [0.2, 0.25) is 0 Å². The summed E-state index contributed by atoms with van der Waals surface area (Å²) < 4.78 is 2.27. The quantitative estimate of drug-likeness (QED) is 0.175. The first kappa shape index (κ1) is 48.6. The molecular formula is C61H68N3OPt-. The van der Waals surface area contributed by atoms with E-state index in [-0.39, 0.29) is 53.9 Å². The summed E-state index contributed by atoms with van der Waals surface area (Å²) in [5.41, 5.74) is 16.3. The molecule has 0 bridgehead atoms. The number of phenolic OH excluding ortho intramolecular Hbond substituents is 1. The zero-order chi connectivity index (χ0) is 47.2. The Hall–Kier alpha value is -5.31. The van der Waals surface area contributed by atoms with E-state index in [1.165, 1.54) is 38.6 Å². The molecule has 5 heteroatoms. The zero-order valence-electron chi connectivity index (χ0n) is 42.1. The van der Waals surface area contributed by atoms with Crippen molar-refractivity contribution in [1.82, 2.24) is 14.5 Å². The summed E-state index contributed by atoms with van der Waals surface area (Å²) >= 11 is 0. The summed E-state index contributed by atoms with van der Waals surface area (Å²) in [5.74, 6) is 0.861. The summed E-state index contributed by atoms with van der Waals surface area (Å²) in [4.78, 5) is 10.4. The molecule has 344 valence electrons. The molecule has 8 rings (SSSR count). The van der Waals surface area contributed by atoms with Gasteiger partial charge < -0.3 is 5.11 Å². The van der Waals surface area contributed by atoms with Crippen molar-refractivity contribution in [2.45, 2.75) is 138 Å². The molecule has 66 heavy (non-hydrogen) atoms. The third-order valence-corrected chi connectivity index (χ3v) is 13.0. The molecule has 2 heterocycles. The Labute approximate surface area is 409 Å². The third kappa shape index (κ3) is 9.46. The minimum Gasteiger partial charge on any atom is -0.507 e. The minimum atomic E-state index is -0.135.